The normalized spacial score (nSPS) is 19.9. The topological polar surface area (TPSA) is 84.2 Å². The van der Waals surface area contributed by atoms with Crippen LogP contribution >= 0.6 is 0 Å². The quantitative estimate of drug-likeness (QED) is 0.707. The van der Waals surface area contributed by atoms with E-state index in [0.717, 1.165) is 18.5 Å². The Morgan fingerprint density at radius 1 is 1.44 bits per heavy atom. The maximum atomic E-state index is 10.8. The molecule has 1 aliphatic heterocycles. The highest BCUT2D eigenvalue weighted by molar-refractivity contribution is 7.87. The molecule has 1 heterocycles. The first kappa shape index (κ1) is 11.4. The second kappa shape index (κ2) is 4.40. The summed E-state index contributed by atoms with van der Waals surface area (Å²) in [5.41, 5.74) is 2.35. The molecule has 6 heteroatoms. The van der Waals surface area contributed by atoms with Gasteiger partial charge in [0.25, 0.3) is 10.2 Å². The van der Waals surface area contributed by atoms with Crippen molar-refractivity contribution in [3.63, 3.8) is 0 Å². The highest BCUT2D eigenvalue weighted by atomic mass is 32.2. The van der Waals surface area contributed by atoms with E-state index in [-0.39, 0.29) is 6.04 Å². The zero-order chi connectivity index (χ0) is 11.6. The van der Waals surface area contributed by atoms with E-state index in [1.807, 2.05) is 18.2 Å². The standard InChI is InChI=1S/C10H15N3O2S/c11-16(14,15)12-7-9-6-5-8-3-1-2-4-10(8)13-9/h1-4,9,12-13H,5-7H2,(H2,11,14,15). The first-order valence-electron chi connectivity index (χ1n) is 5.16. The lowest BCUT2D eigenvalue weighted by molar-refractivity contribution is 0.564. The van der Waals surface area contributed by atoms with Crippen molar-refractivity contribution in [3.8, 4) is 0 Å². The lowest BCUT2D eigenvalue weighted by Gasteiger charge is -2.26. The minimum Gasteiger partial charge on any atom is -0.381 e. The molecule has 0 aliphatic carbocycles. The van der Waals surface area contributed by atoms with Crippen LogP contribution in [0.1, 0.15) is 12.0 Å². The van der Waals surface area contributed by atoms with E-state index in [2.05, 4.69) is 16.1 Å². The lowest BCUT2D eigenvalue weighted by atomic mass is 9.98. The minimum absolute atomic E-state index is 0.105. The van der Waals surface area contributed by atoms with E-state index in [4.69, 9.17) is 5.14 Å². The van der Waals surface area contributed by atoms with E-state index in [0.29, 0.717) is 6.54 Å². The van der Waals surface area contributed by atoms with E-state index in [1.165, 1.54) is 5.56 Å². The Labute approximate surface area is 95.2 Å². The molecule has 2 rings (SSSR count). The molecule has 0 aromatic heterocycles. The molecular weight excluding hydrogens is 226 g/mol. The van der Waals surface area contributed by atoms with Crippen molar-refractivity contribution >= 4 is 15.9 Å². The van der Waals surface area contributed by atoms with Gasteiger partial charge in [0.15, 0.2) is 0 Å². The third-order valence-corrected chi connectivity index (χ3v) is 3.24. The molecule has 1 aliphatic rings. The summed E-state index contributed by atoms with van der Waals surface area (Å²) in [5, 5.41) is 8.17. The van der Waals surface area contributed by atoms with Crippen molar-refractivity contribution < 1.29 is 8.42 Å². The molecule has 1 atom stereocenters. The van der Waals surface area contributed by atoms with Crippen molar-refractivity contribution in [1.29, 1.82) is 0 Å². The van der Waals surface area contributed by atoms with E-state index >= 15 is 0 Å². The summed E-state index contributed by atoms with van der Waals surface area (Å²) < 4.78 is 23.8. The Morgan fingerprint density at radius 2 is 2.19 bits per heavy atom. The van der Waals surface area contributed by atoms with Gasteiger partial charge in [-0.1, -0.05) is 18.2 Å². The molecular formula is C10H15N3O2S. The fourth-order valence-corrected chi connectivity index (χ4v) is 2.30. The number of hydrogen-bond acceptors (Lipinski definition) is 3. The number of benzene rings is 1. The minimum atomic E-state index is -3.59. The van der Waals surface area contributed by atoms with Crippen molar-refractivity contribution in [2.75, 3.05) is 11.9 Å². The Kier molecular flexibility index (Phi) is 3.13. The molecule has 0 radical (unpaired) electrons. The Balaban J connectivity index is 1.98. The van der Waals surface area contributed by atoms with Crippen molar-refractivity contribution in [3.05, 3.63) is 29.8 Å². The number of nitrogens with two attached hydrogens (primary N) is 1. The van der Waals surface area contributed by atoms with Gasteiger partial charge in [-0.25, -0.2) is 9.86 Å². The summed E-state index contributed by atoms with van der Waals surface area (Å²) in [4.78, 5) is 0. The van der Waals surface area contributed by atoms with Gasteiger partial charge >= 0.3 is 0 Å². The highest BCUT2D eigenvalue weighted by Gasteiger charge is 2.17. The molecule has 0 bridgehead atoms. The molecule has 1 aromatic carbocycles. The predicted octanol–water partition coefficient (Wildman–Crippen LogP) is 0.206. The van der Waals surface area contributed by atoms with Crippen LogP contribution in [0.2, 0.25) is 0 Å². The van der Waals surface area contributed by atoms with Crippen molar-refractivity contribution in [2.45, 2.75) is 18.9 Å². The van der Waals surface area contributed by atoms with Gasteiger partial charge in [-0.2, -0.15) is 8.42 Å². The number of aryl methyl sites for hydroxylation is 1. The molecule has 0 amide bonds. The van der Waals surface area contributed by atoms with Crippen LogP contribution in [0.25, 0.3) is 0 Å². The Morgan fingerprint density at radius 3 is 2.94 bits per heavy atom. The summed E-state index contributed by atoms with van der Waals surface area (Å²) in [6.07, 6.45) is 1.86. The Bertz CT molecular complexity index is 473. The molecule has 0 fully saturated rings. The number of anilines is 1. The van der Waals surface area contributed by atoms with Crippen LogP contribution in [-0.2, 0) is 16.6 Å². The van der Waals surface area contributed by atoms with Crippen molar-refractivity contribution in [2.24, 2.45) is 5.14 Å². The number of hydrogen-bond donors (Lipinski definition) is 3. The van der Waals surface area contributed by atoms with Crippen LogP contribution in [-0.4, -0.2) is 21.0 Å². The number of fused-ring (bicyclic) bond motifs is 1. The summed E-state index contributed by atoms with van der Waals surface area (Å²) in [6, 6.07) is 8.14. The highest BCUT2D eigenvalue weighted by Crippen LogP contribution is 2.23. The molecule has 16 heavy (non-hydrogen) atoms. The van der Waals surface area contributed by atoms with Crippen LogP contribution in [0.5, 0.6) is 0 Å². The smallest absolute Gasteiger partial charge is 0.274 e. The average molecular weight is 241 g/mol. The van der Waals surface area contributed by atoms with Crippen LogP contribution in [0.3, 0.4) is 0 Å². The third kappa shape index (κ3) is 2.94. The third-order valence-electron chi connectivity index (χ3n) is 2.67. The number of nitrogens with one attached hydrogen (secondary N) is 2. The molecule has 88 valence electrons. The van der Waals surface area contributed by atoms with Crippen LogP contribution in [0.15, 0.2) is 24.3 Å². The largest absolute Gasteiger partial charge is 0.381 e. The average Bonchev–Trinajstić information content (AvgIpc) is 2.25. The summed E-state index contributed by atoms with van der Waals surface area (Å²) in [7, 11) is -3.59. The molecule has 1 unspecified atom stereocenters. The van der Waals surface area contributed by atoms with Crippen LogP contribution in [0, 0.1) is 0 Å². The number of para-hydroxylation sites is 1. The molecule has 0 saturated heterocycles. The summed E-state index contributed by atoms with van der Waals surface area (Å²) in [6.45, 7) is 0.327. The molecule has 1 aromatic rings. The Hall–Kier alpha value is -1.11. The first-order chi connectivity index (χ1) is 7.54. The SMILES string of the molecule is NS(=O)(=O)NCC1CCc2ccccc2N1. The van der Waals surface area contributed by atoms with Gasteiger partial charge in [0.1, 0.15) is 0 Å². The molecule has 0 spiro atoms. The fraction of sp³-hybridized carbons (Fsp3) is 0.400. The molecule has 4 N–H and O–H groups in total. The molecule has 0 saturated carbocycles. The van der Waals surface area contributed by atoms with Gasteiger partial charge in [0, 0.05) is 18.3 Å². The monoisotopic (exact) mass is 241 g/mol. The summed E-state index contributed by atoms with van der Waals surface area (Å²) >= 11 is 0. The second-order valence-electron chi connectivity index (χ2n) is 3.93. The van der Waals surface area contributed by atoms with E-state index < -0.39 is 10.2 Å². The van der Waals surface area contributed by atoms with E-state index in [9.17, 15) is 8.42 Å². The van der Waals surface area contributed by atoms with Gasteiger partial charge in [-0.15, -0.1) is 0 Å². The van der Waals surface area contributed by atoms with Gasteiger partial charge in [-0.3, -0.25) is 0 Å². The number of rotatable bonds is 3. The molecule has 5 nitrogen and oxygen atoms in total. The lowest BCUT2D eigenvalue weighted by Crippen LogP contribution is -2.41. The first-order valence-corrected chi connectivity index (χ1v) is 6.71. The van der Waals surface area contributed by atoms with Gasteiger partial charge in [0.2, 0.25) is 0 Å². The van der Waals surface area contributed by atoms with Gasteiger partial charge in [-0.05, 0) is 24.5 Å². The van der Waals surface area contributed by atoms with Crippen LogP contribution in [0.4, 0.5) is 5.69 Å². The maximum Gasteiger partial charge on any atom is 0.274 e. The summed E-state index contributed by atoms with van der Waals surface area (Å²) in [5.74, 6) is 0. The van der Waals surface area contributed by atoms with E-state index in [1.54, 1.807) is 0 Å². The zero-order valence-electron chi connectivity index (χ0n) is 8.81. The van der Waals surface area contributed by atoms with Crippen molar-refractivity contribution in [1.82, 2.24) is 4.72 Å². The second-order valence-corrected chi connectivity index (χ2v) is 5.31. The zero-order valence-corrected chi connectivity index (χ0v) is 9.63. The maximum absolute atomic E-state index is 10.8. The fourth-order valence-electron chi connectivity index (χ4n) is 1.87. The van der Waals surface area contributed by atoms with Gasteiger partial charge < -0.3 is 5.32 Å². The van der Waals surface area contributed by atoms with Crippen LogP contribution < -0.4 is 15.2 Å². The predicted molar refractivity (Wildman–Crippen MR) is 63.3 cm³/mol. The van der Waals surface area contributed by atoms with Gasteiger partial charge in [0.05, 0.1) is 0 Å².